The van der Waals surface area contributed by atoms with Crippen molar-refractivity contribution in [3.8, 4) is 0 Å². The summed E-state index contributed by atoms with van der Waals surface area (Å²) in [5.41, 5.74) is 4.49. The summed E-state index contributed by atoms with van der Waals surface area (Å²) in [6.45, 7) is 5.84. The van der Waals surface area contributed by atoms with Gasteiger partial charge in [-0.3, -0.25) is 19.2 Å². The summed E-state index contributed by atoms with van der Waals surface area (Å²) < 4.78 is 5.08. The van der Waals surface area contributed by atoms with Gasteiger partial charge >= 0.3 is 5.97 Å². The molecule has 0 atom stereocenters. The number of nitrogens with one attached hydrogen (secondary N) is 2. The smallest absolute Gasteiger partial charge is 0.308 e. The topological polar surface area (TPSA) is 105 Å². The Kier molecular flexibility index (Phi) is 7.78. The molecule has 0 spiro atoms. The van der Waals surface area contributed by atoms with E-state index in [-0.39, 0.29) is 24.8 Å². The first-order valence-corrected chi connectivity index (χ1v) is 11.8. The minimum atomic E-state index is -0.629. The van der Waals surface area contributed by atoms with Crippen LogP contribution in [0.3, 0.4) is 0 Å². The molecule has 3 aromatic rings. The van der Waals surface area contributed by atoms with Gasteiger partial charge in [-0.2, -0.15) is 0 Å². The number of esters is 1. The van der Waals surface area contributed by atoms with Crippen LogP contribution in [-0.4, -0.2) is 41.7 Å². The van der Waals surface area contributed by atoms with Crippen LogP contribution in [0.15, 0.2) is 79.4 Å². The maximum absolute atomic E-state index is 12.7. The molecule has 0 radical (unpaired) electrons. The molecule has 3 amide bonds. The van der Waals surface area contributed by atoms with Gasteiger partial charge in [0, 0.05) is 29.9 Å². The Bertz CT molecular complexity index is 1330. The van der Waals surface area contributed by atoms with Gasteiger partial charge in [0.05, 0.1) is 17.7 Å². The van der Waals surface area contributed by atoms with Crippen LogP contribution in [0.25, 0.3) is 5.70 Å². The number of hydrogen-bond acceptors (Lipinski definition) is 5. The number of carbonyl (C=O) groups is 4. The minimum absolute atomic E-state index is 0.0932. The monoisotopic (exact) mass is 497 g/mol. The zero-order valence-corrected chi connectivity index (χ0v) is 20.5. The van der Waals surface area contributed by atoms with Gasteiger partial charge in [-0.25, -0.2) is 0 Å². The van der Waals surface area contributed by atoms with Gasteiger partial charge in [0.15, 0.2) is 6.61 Å². The number of fused-ring (bicyclic) bond motifs is 1. The molecule has 0 unspecified atom stereocenters. The van der Waals surface area contributed by atoms with Gasteiger partial charge in [0.1, 0.15) is 0 Å². The lowest BCUT2D eigenvalue weighted by Crippen LogP contribution is -2.28. The van der Waals surface area contributed by atoms with Crippen molar-refractivity contribution in [1.82, 2.24) is 10.2 Å². The number of para-hydroxylation sites is 1. The lowest BCUT2D eigenvalue weighted by atomic mass is 10.1. The average Bonchev–Trinajstić information content (AvgIpc) is 3.15. The summed E-state index contributed by atoms with van der Waals surface area (Å²) in [7, 11) is 0. The third-order valence-electron chi connectivity index (χ3n) is 5.96. The zero-order valence-electron chi connectivity index (χ0n) is 20.5. The predicted molar refractivity (Wildman–Crippen MR) is 140 cm³/mol. The number of carbonyl (C=O) groups excluding carboxylic acids is 4. The second-order valence-corrected chi connectivity index (χ2v) is 8.62. The molecule has 0 aromatic heterocycles. The maximum atomic E-state index is 12.7. The number of benzene rings is 3. The second kappa shape index (κ2) is 11.3. The summed E-state index contributed by atoms with van der Waals surface area (Å²) >= 11 is 0. The fraction of sp³-hybridized carbons (Fsp3) is 0.172. The number of nitrogens with zero attached hydrogens (tertiary/aromatic N) is 1. The molecule has 0 fully saturated rings. The molecule has 1 aliphatic heterocycles. The molecule has 1 aliphatic rings. The lowest BCUT2D eigenvalue weighted by Gasteiger charge is -2.16. The van der Waals surface area contributed by atoms with E-state index < -0.39 is 18.5 Å². The Morgan fingerprint density at radius 2 is 1.59 bits per heavy atom. The minimum Gasteiger partial charge on any atom is -0.456 e. The largest absolute Gasteiger partial charge is 0.456 e. The first-order valence-electron chi connectivity index (χ1n) is 11.8. The van der Waals surface area contributed by atoms with Crippen LogP contribution in [0.4, 0.5) is 5.69 Å². The molecular formula is C29H27N3O5. The van der Waals surface area contributed by atoms with Crippen LogP contribution in [0.5, 0.6) is 0 Å². The van der Waals surface area contributed by atoms with E-state index in [1.54, 1.807) is 42.5 Å². The van der Waals surface area contributed by atoms with Crippen molar-refractivity contribution in [2.75, 3.05) is 18.5 Å². The number of ether oxygens (including phenoxy) is 1. The second-order valence-electron chi connectivity index (χ2n) is 8.62. The number of amides is 3. The highest BCUT2D eigenvalue weighted by atomic mass is 16.5. The predicted octanol–water partition coefficient (Wildman–Crippen LogP) is 3.92. The van der Waals surface area contributed by atoms with E-state index in [1.165, 1.54) is 4.90 Å². The van der Waals surface area contributed by atoms with E-state index in [9.17, 15) is 19.2 Å². The maximum Gasteiger partial charge on any atom is 0.308 e. The van der Waals surface area contributed by atoms with E-state index >= 15 is 0 Å². The van der Waals surface area contributed by atoms with E-state index in [0.717, 1.165) is 16.7 Å². The van der Waals surface area contributed by atoms with Gasteiger partial charge in [-0.05, 0) is 30.7 Å². The summed E-state index contributed by atoms with van der Waals surface area (Å²) in [6.07, 6.45) is -0.0932. The number of rotatable bonds is 9. The Labute approximate surface area is 214 Å². The Morgan fingerprint density at radius 1 is 0.919 bits per heavy atom. The van der Waals surface area contributed by atoms with E-state index in [4.69, 9.17) is 4.74 Å². The molecule has 2 N–H and O–H groups in total. The van der Waals surface area contributed by atoms with Crippen LogP contribution in [0, 0.1) is 6.92 Å². The Balaban J connectivity index is 1.25. The number of aryl methyl sites for hydroxylation is 1. The normalized spacial score (nSPS) is 12.2. The molecule has 0 saturated carbocycles. The highest BCUT2D eigenvalue weighted by molar-refractivity contribution is 6.09. The van der Waals surface area contributed by atoms with Crippen molar-refractivity contribution < 1.29 is 23.9 Å². The first-order chi connectivity index (χ1) is 17.8. The summed E-state index contributed by atoms with van der Waals surface area (Å²) in [6, 6.07) is 21.5. The van der Waals surface area contributed by atoms with E-state index in [0.29, 0.717) is 29.1 Å². The number of anilines is 1. The highest BCUT2D eigenvalue weighted by Gasteiger charge is 2.30. The molecule has 1 heterocycles. The third-order valence-corrected chi connectivity index (χ3v) is 5.96. The van der Waals surface area contributed by atoms with Crippen molar-refractivity contribution in [2.24, 2.45) is 0 Å². The Hall–Kier alpha value is -4.72. The molecule has 188 valence electrons. The standard InChI is InChI=1S/C29H27N3O5/c1-19-11-13-21(14-12-19)17-30-28(35)24-9-5-6-10-25(24)31-26(33)18-37-27(34)15-16-32-20(2)22-7-3-4-8-23(22)29(32)36/h3-14H,2,15-18H2,1H3,(H,30,35)(H,31,33). The number of hydrogen-bond donors (Lipinski definition) is 2. The molecule has 8 heteroatoms. The first kappa shape index (κ1) is 25.4. The molecule has 0 bridgehead atoms. The van der Waals surface area contributed by atoms with Crippen molar-refractivity contribution in [2.45, 2.75) is 19.9 Å². The highest BCUT2D eigenvalue weighted by Crippen LogP contribution is 2.31. The average molecular weight is 498 g/mol. The van der Waals surface area contributed by atoms with Crippen molar-refractivity contribution in [3.05, 3.63) is 107 Å². The van der Waals surface area contributed by atoms with Gasteiger partial charge in [-0.1, -0.05) is 66.7 Å². The van der Waals surface area contributed by atoms with Gasteiger partial charge in [0.2, 0.25) is 0 Å². The van der Waals surface area contributed by atoms with Crippen LogP contribution < -0.4 is 10.6 Å². The summed E-state index contributed by atoms with van der Waals surface area (Å²) in [4.78, 5) is 51.3. The molecule has 0 saturated heterocycles. The van der Waals surface area contributed by atoms with Crippen LogP contribution in [0.1, 0.15) is 43.8 Å². The van der Waals surface area contributed by atoms with Gasteiger partial charge < -0.3 is 20.3 Å². The molecule has 0 aliphatic carbocycles. The fourth-order valence-electron chi connectivity index (χ4n) is 3.95. The van der Waals surface area contributed by atoms with Crippen molar-refractivity contribution in [3.63, 3.8) is 0 Å². The van der Waals surface area contributed by atoms with Gasteiger partial charge in [-0.15, -0.1) is 0 Å². The van der Waals surface area contributed by atoms with Gasteiger partial charge in [0.25, 0.3) is 17.7 Å². The summed E-state index contributed by atoms with van der Waals surface area (Å²) in [5, 5.41) is 5.46. The molecule has 8 nitrogen and oxygen atoms in total. The molecule has 4 rings (SSSR count). The molecule has 3 aromatic carbocycles. The lowest BCUT2D eigenvalue weighted by molar-refractivity contribution is -0.147. The quantitative estimate of drug-likeness (QED) is 0.436. The van der Waals surface area contributed by atoms with E-state index in [1.807, 2.05) is 37.3 Å². The van der Waals surface area contributed by atoms with Crippen LogP contribution in [-0.2, 0) is 20.9 Å². The van der Waals surface area contributed by atoms with Crippen molar-refractivity contribution >= 4 is 35.1 Å². The fourth-order valence-corrected chi connectivity index (χ4v) is 3.95. The molecular weight excluding hydrogens is 470 g/mol. The molecule has 37 heavy (non-hydrogen) atoms. The zero-order chi connectivity index (χ0) is 26.4. The third kappa shape index (κ3) is 6.10. The van der Waals surface area contributed by atoms with Crippen LogP contribution >= 0.6 is 0 Å². The van der Waals surface area contributed by atoms with E-state index in [2.05, 4.69) is 17.2 Å². The Morgan fingerprint density at radius 3 is 2.32 bits per heavy atom. The SMILES string of the molecule is C=C1c2ccccc2C(=O)N1CCC(=O)OCC(=O)Nc1ccccc1C(=O)NCc1ccc(C)cc1. The van der Waals surface area contributed by atoms with Crippen molar-refractivity contribution in [1.29, 1.82) is 0 Å². The van der Waals surface area contributed by atoms with Crippen LogP contribution in [0.2, 0.25) is 0 Å². The summed E-state index contributed by atoms with van der Waals surface area (Å²) in [5.74, 6) is -1.77.